The van der Waals surface area contributed by atoms with Gasteiger partial charge in [-0.25, -0.2) is 4.39 Å². The SMILES string of the molecule is CCCC(COC)NC1CC(c2ccc(F)cc2)C1. The van der Waals surface area contributed by atoms with Crippen molar-refractivity contribution in [3.05, 3.63) is 35.6 Å². The molecule has 0 heterocycles. The number of methoxy groups -OCH3 is 1. The monoisotopic (exact) mass is 265 g/mol. The number of hydrogen-bond donors (Lipinski definition) is 1. The lowest BCUT2D eigenvalue weighted by Crippen LogP contribution is -2.47. The maximum absolute atomic E-state index is 12.9. The van der Waals surface area contributed by atoms with Crippen molar-refractivity contribution in [2.75, 3.05) is 13.7 Å². The van der Waals surface area contributed by atoms with Crippen LogP contribution in [0, 0.1) is 5.82 Å². The summed E-state index contributed by atoms with van der Waals surface area (Å²) in [5.74, 6) is 0.434. The van der Waals surface area contributed by atoms with Crippen molar-refractivity contribution in [3.8, 4) is 0 Å². The highest BCUT2D eigenvalue weighted by atomic mass is 19.1. The molecule has 0 radical (unpaired) electrons. The summed E-state index contributed by atoms with van der Waals surface area (Å²) in [5, 5.41) is 3.67. The summed E-state index contributed by atoms with van der Waals surface area (Å²) in [6.07, 6.45) is 4.63. The molecule has 1 fully saturated rings. The van der Waals surface area contributed by atoms with E-state index < -0.39 is 0 Å². The van der Waals surface area contributed by atoms with Crippen molar-refractivity contribution in [1.29, 1.82) is 0 Å². The summed E-state index contributed by atoms with van der Waals surface area (Å²) in [7, 11) is 1.76. The molecule has 1 N–H and O–H groups in total. The minimum absolute atomic E-state index is 0.152. The highest BCUT2D eigenvalue weighted by Crippen LogP contribution is 2.37. The van der Waals surface area contributed by atoms with Crippen LogP contribution in [0.3, 0.4) is 0 Å². The molecule has 0 spiro atoms. The number of halogens is 1. The second-order valence-electron chi connectivity index (χ2n) is 5.52. The highest BCUT2D eigenvalue weighted by Gasteiger charge is 2.31. The average Bonchev–Trinajstić information content (AvgIpc) is 2.35. The molecule has 1 aromatic carbocycles. The van der Waals surface area contributed by atoms with E-state index in [2.05, 4.69) is 12.2 Å². The second kappa shape index (κ2) is 7.01. The molecule has 3 heteroatoms. The van der Waals surface area contributed by atoms with Gasteiger partial charge in [-0.1, -0.05) is 25.5 Å². The Hall–Kier alpha value is -0.930. The van der Waals surface area contributed by atoms with Crippen molar-refractivity contribution in [2.24, 2.45) is 0 Å². The first kappa shape index (κ1) is 14.5. The smallest absolute Gasteiger partial charge is 0.123 e. The fourth-order valence-electron chi connectivity index (χ4n) is 2.86. The van der Waals surface area contributed by atoms with E-state index >= 15 is 0 Å². The third-order valence-corrected chi connectivity index (χ3v) is 3.96. The maximum atomic E-state index is 12.9. The van der Waals surface area contributed by atoms with E-state index in [0.29, 0.717) is 18.0 Å². The molecule has 1 aromatic rings. The lowest BCUT2D eigenvalue weighted by atomic mass is 9.75. The Morgan fingerprint density at radius 2 is 2.00 bits per heavy atom. The molecule has 1 aliphatic rings. The predicted molar refractivity (Wildman–Crippen MR) is 75.9 cm³/mol. The van der Waals surface area contributed by atoms with E-state index in [0.717, 1.165) is 25.9 Å². The summed E-state index contributed by atoms with van der Waals surface area (Å²) in [4.78, 5) is 0. The molecule has 0 aromatic heterocycles. The van der Waals surface area contributed by atoms with Crippen LogP contribution in [-0.2, 0) is 4.74 Å². The highest BCUT2D eigenvalue weighted by molar-refractivity contribution is 5.23. The van der Waals surface area contributed by atoms with Gasteiger partial charge in [-0.3, -0.25) is 0 Å². The first-order chi connectivity index (χ1) is 9.22. The Balaban J connectivity index is 1.77. The second-order valence-corrected chi connectivity index (χ2v) is 5.52. The summed E-state index contributed by atoms with van der Waals surface area (Å²) in [5.41, 5.74) is 1.26. The first-order valence-corrected chi connectivity index (χ1v) is 7.23. The van der Waals surface area contributed by atoms with E-state index in [1.54, 1.807) is 19.2 Å². The van der Waals surface area contributed by atoms with Crippen LogP contribution >= 0.6 is 0 Å². The normalized spacial score (nSPS) is 23.9. The van der Waals surface area contributed by atoms with E-state index in [-0.39, 0.29) is 5.82 Å². The van der Waals surface area contributed by atoms with Crippen LogP contribution in [0.25, 0.3) is 0 Å². The van der Waals surface area contributed by atoms with Crippen molar-refractivity contribution in [2.45, 2.75) is 50.6 Å². The lowest BCUT2D eigenvalue weighted by molar-refractivity contribution is 0.141. The van der Waals surface area contributed by atoms with Gasteiger partial charge in [0.15, 0.2) is 0 Å². The number of benzene rings is 1. The van der Waals surface area contributed by atoms with Crippen molar-refractivity contribution in [1.82, 2.24) is 5.32 Å². The lowest BCUT2D eigenvalue weighted by Gasteiger charge is -2.38. The quantitative estimate of drug-likeness (QED) is 0.815. The minimum Gasteiger partial charge on any atom is -0.383 e. The Bertz CT molecular complexity index is 367. The Morgan fingerprint density at radius 1 is 1.32 bits per heavy atom. The Morgan fingerprint density at radius 3 is 2.58 bits per heavy atom. The van der Waals surface area contributed by atoms with Crippen LogP contribution in [0.15, 0.2) is 24.3 Å². The summed E-state index contributed by atoms with van der Waals surface area (Å²) >= 11 is 0. The third-order valence-electron chi connectivity index (χ3n) is 3.96. The van der Waals surface area contributed by atoms with E-state index in [1.165, 1.54) is 12.0 Å². The van der Waals surface area contributed by atoms with Gasteiger partial charge in [0.05, 0.1) is 6.61 Å². The predicted octanol–water partition coefficient (Wildman–Crippen LogP) is 3.48. The molecular weight excluding hydrogens is 241 g/mol. The van der Waals surface area contributed by atoms with Crippen LogP contribution in [0.4, 0.5) is 4.39 Å². The molecule has 0 aliphatic heterocycles. The third kappa shape index (κ3) is 4.02. The largest absolute Gasteiger partial charge is 0.383 e. The van der Waals surface area contributed by atoms with Gasteiger partial charge < -0.3 is 10.1 Å². The molecule has 0 bridgehead atoms. The molecule has 1 unspecified atom stereocenters. The zero-order valence-electron chi connectivity index (χ0n) is 11.9. The summed E-state index contributed by atoms with van der Waals surface area (Å²) in [6, 6.07) is 7.99. The van der Waals surface area contributed by atoms with Gasteiger partial charge in [-0.2, -0.15) is 0 Å². The van der Waals surface area contributed by atoms with Crippen LogP contribution < -0.4 is 5.32 Å². The van der Waals surface area contributed by atoms with Crippen LogP contribution in [-0.4, -0.2) is 25.8 Å². The molecule has 1 aliphatic carbocycles. The van der Waals surface area contributed by atoms with Crippen molar-refractivity contribution < 1.29 is 9.13 Å². The molecular formula is C16H24FNO. The fourth-order valence-corrected chi connectivity index (χ4v) is 2.86. The van der Waals surface area contributed by atoms with Crippen LogP contribution in [0.2, 0.25) is 0 Å². The zero-order valence-corrected chi connectivity index (χ0v) is 11.9. The Kier molecular flexibility index (Phi) is 5.34. The zero-order chi connectivity index (χ0) is 13.7. The van der Waals surface area contributed by atoms with Crippen LogP contribution in [0.1, 0.15) is 44.1 Å². The maximum Gasteiger partial charge on any atom is 0.123 e. The molecule has 0 amide bonds. The van der Waals surface area contributed by atoms with Gasteiger partial charge in [0.1, 0.15) is 5.82 Å². The summed E-state index contributed by atoms with van der Waals surface area (Å²) in [6.45, 7) is 2.98. The van der Waals surface area contributed by atoms with E-state index in [9.17, 15) is 4.39 Å². The molecule has 1 saturated carbocycles. The summed E-state index contributed by atoms with van der Waals surface area (Å²) < 4.78 is 18.1. The van der Waals surface area contributed by atoms with Gasteiger partial charge in [-0.05, 0) is 42.9 Å². The number of nitrogens with one attached hydrogen (secondary N) is 1. The van der Waals surface area contributed by atoms with Gasteiger partial charge in [0, 0.05) is 19.2 Å². The standard InChI is InChI=1S/C16H24FNO/c1-3-4-15(11-19-2)18-16-9-13(10-16)12-5-7-14(17)8-6-12/h5-8,13,15-16,18H,3-4,9-11H2,1-2H3. The molecule has 2 rings (SSSR count). The number of hydrogen-bond acceptors (Lipinski definition) is 2. The molecule has 2 nitrogen and oxygen atoms in total. The molecule has 0 saturated heterocycles. The fraction of sp³-hybridized carbons (Fsp3) is 0.625. The van der Waals surface area contributed by atoms with Gasteiger partial charge in [0.2, 0.25) is 0 Å². The number of rotatable bonds is 7. The molecule has 1 atom stereocenters. The van der Waals surface area contributed by atoms with Crippen molar-refractivity contribution >= 4 is 0 Å². The van der Waals surface area contributed by atoms with Crippen molar-refractivity contribution in [3.63, 3.8) is 0 Å². The van der Waals surface area contributed by atoms with Gasteiger partial charge >= 0.3 is 0 Å². The average molecular weight is 265 g/mol. The van der Waals surface area contributed by atoms with Crippen LogP contribution in [0.5, 0.6) is 0 Å². The van der Waals surface area contributed by atoms with E-state index in [4.69, 9.17) is 4.74 Å². The first-order valence-electron chi connectivity index (χ1n) is 7.23. The minimum atomic E-state index is -0.152. The topological polar surface area (TPSA) is 21.3 Å². The number of ether oxygens (including phenoxy) is 1. The molecule has 106 valence electrons. The Labute approximate surface area is 115 Å². The van der Waals surface area contributed by atoms with Gasteiger partial charge in [-0.15, -0.1) is 0 Å². The molecule has 19 heavy (non-hydrogen) atoms. The van der Waals surface area contributed by atoms with Gasteiger partial charge in [0.25, 0.3) is 0 Å². The van der Waals surface area contributed by atoms with E-state index in [1.807, 2.05) is 12.1 Å².